The topological polar surface area (TPSA) is 58.6 Å². The van der Waals surface area contributed by atoms with Crippen LogP contribution in [-0.2, 0) is 0 Å². The second-order valence-electron chi connectivity index (χ2n) is 6.03. The first kappa shape index (κ1) is 16.4. The average molecular weight is 326 g/mol. The molecule has 0 radical (unpaired) electrons. The third kappa shape index (κ3) is 3.23. The van der Waals surface area contributed by atoms with E-state index in [4.69, 9.17) is 4.74 Å². The summed E-state index contributed by atoms with van der Waals surface area (Å²) < 4.78 is 5.49. The van der Waals surface area contributed by atoms with Gasteiger partial charge >= 0.3 is 0 Å². The van der Waals surface area contributed by atoms with Gasteiger partial charge in [0.1, 0.15) is 11.4 Å². The Bertz CT molecular complexity index is 717. The summed E-state index contributed by atoms with van der Waals surface area (Å²) in [6.07, 6.45) is 3.18. The van der Waals surface area contributed by atoms with Crippen LogP contribution in [0.2, 0.25) is 0 Å². The van der Waals surface area contributed by atoms with Gasteiger partial charge in [0, 0.05) is 31.4 Å². The molecule has 0 spiro atoms. The molecule has 2 heterocycles. The number of hydrogen-bond donors (Lipinski definition) is 0. The Labute approximate surface area is 142 Å². The Morgan fingerprint density at radius 1 is 1.21 bits per heavy atom. The molecule has 1 aromatic heterocycles. The van der Waals surface area contributed by atoms with Gasteiger partial charge in [-0.2, -0.15) is 0 Å². The van der Waals surface area contributed by atoms with E-state index in [0.717, 1.165) is 23.6 Å². The summed E-state index contributed by atoms with van der Waals surface area (Å²) in [6, 6.07) is 8.06. The van der Waals surface area contributed by atoms with Crippen LogP contribution in [0, 0.1) is 6.92 Å². The molecule has 1 fully saturated rings. The molecular formula is C18H22N4O2. The molecule has 3 rings (SSSR count). The minimum Gasteiger partial charge on any atom is -0.496 e. The number of aryl methyl sites for hydroxylation is 1. The number of para-hydroxylation sites is 1. The predicted molar refractivity (Wildman–Crippen MR) is 91.0 cm³/mol. The molecule has 24 heavy (non-hydrogen) atoms. The van der Waals surface area contributed by atoms with Crippen molar-refractivity contribution in [2.45, 2.75) is 13.0 Å². The van der Waals surface area contributed by atoms with Crippen molar-refractivity contribution < 1.29 is 9.53 Å². The maximum atomic E-state index is 12.7. The molecule has 0 aliphatic carbocycles. The highest BCUT2D eigenvalue weighted by atomic mass is 16.5. The normalized spacial score (nSPS) is 18.5. The number of aromatic nitrogens is 2. The number of rotatable bonds is 3. The van der Waals surface area contributed by atoms with Crippen molar-refractivity contribution in [2.75, 3.05) is 33.8 Å². The van der Waals surface area contributed by atoms with Crippen molar-refractivity contribution in [3.05, 3.63) is 53.6 Å². The lowest BCUT2D eigenvalue weighted by Gasteiger charge is -2.39. The van der Waals surface area contributed by atoms with Crippen LogP contribution < -0.4 is 4.74 Å². The highest BCUT2D eigenvalue weighted by Gasteiger charge is 2.31. The monoisotopic (exact) mass is 326 g/mol. The fourth-order valence-corrected chi connectivity index (χ4v) is 3.00. The zero-order valence-corrected chi connectivity index (χ0v) is 14.3. The molecule has 0 unspecified atom stereocenters. The molecule has 0 saturated carbocycles. The summed E-state index contributed by atoms with van der Waals surface area (Å²) in [7, 11) is 3.75. The molecule has 1 aromatic carbocycles. The molecule has 126 valence electrons. The summed E-state index contributed by atoms with van der Waals surface area (Å²) in [5.74, 6) is 0.772. The zero-order valence-electron chi connectivity index (χ0n) is 14.3. The molecule has 2 aromatic rings. The largest absolute Gasteiger partial charge is 0.496 e. The number of benzene rings is 1. The minimum absolute atomic E-state index is 0.0736. The highest BCUT2D eigenvalue weighted by Crippen LogP contribution is 2.31. The van der Waals surface area contributed by atoms with Crippen molar-refractivity contribution in [3.8, 4) is 5.75 Å². The number of nitrogens with zero attached hydrogens (tertiary/aromatic N) is 4. The Balaban J connectivity index is 1.83. The van der Waals surface area contributed by atoms with Gasteiger partial charge in [-0.3, -0.25) is 14.7 Å². The zero-order chi connectivity index (χ0) is 17.1. The Hall–Kier alpha value is -2.47. The van der Waals surface area contributed by atoms with Gasteiger partial charge in [0.05, 0.1) is 25.0 Å². The standard InChI is InChI=1S/C18H22N4O2/c1-13-10-20-15(11-19-13)18(23)22-9-8-21(2)16(12-22)14-6-4-5-7-17(14)24-3/h4-7,10-11,16H,8-9,12H2,1-3H3/t16-/m1/s1. The van der Waals surface area contributed by atoms with Gasteiger partial charge < -0.3 is 9.64 Å². The molecular weight excluding hydrogens is 304 g/mol. The fraction of sp³-hybridized carbons (Fsp3) is 0.389. The quantitative estimate of drug-likeness (QED) is 0.862. The summed E-state index contributed by atoms with van der Waals surface area (Å²) in [5.41, 5.74) is 2.29. The van der Waals surface area contributed by atoms with Gasteiger partial charge in [-0.1, -0.05) is 18.2 Å². The highest BCUT2D eigenvalue weighted by molar-refractivity contribution is 5.92. The lowest BCUT2D eigenvalue weighted by molar-refractivity contribution is 0.0536. The van der Waals surface area contributed by atoms with Crippen LogP contribution in [0.25, 0.3) is 0 Å². The number of hydrogen-bond acceptors (Lipinski definition) is 5. The summed E-state index contributed by atoms with van der Waals surface area (Å²) in [6.45, 7) is 3.93. The van der Waals surface area contributed by atoms with E-state index in [1.807, 2.05) is 30.0 Å². The van der Waals surface area contributed by atoms with E-state index >= 15 is 0 Å². The summed E-state index contributed by atoms with van der Waals surface area (Å²) in [4.78, 5) is 25.2. The van der Waals surface area contributed by atoms with Gasteiger partial charge in [-0.05, 0) is 20.0 Å². The molecule has 1 amide bonds. The Kier molecular flexibility index (Phi) is 4.76. The third-order valence-electron chi connectivity index (χ3n) is 4.43. The molecule has 1 saturated heterocycles. The lowest BCUT2D eigenvalue weighted by atomic mass is 10.0. The smallest absolute Gasteiger partial charge is 0.274 e. The van der Waals surface area contributed by atoms with Crippen molar-refractivity contribution >= 4 is 5.91 Å². The second-order valence-corrected chi connectivity index (χ2v) is 6.03. The van der Waals surface area contributed by atoms with Gasteiger partial charge in [-0.15, -0.1) is 0 Å². The van der Waals surface area contributed by atoms with Crippen LogP contribution in [0.1, 0.15) is 27.8 Å². The van der Waals surface area contributed by atoms with Crippen molar-refractivity contribution in [1.82, 2.24) is 19.8 Å². The van der Waals surface area contributed by atoms with Gasteiger partial charge in [0.2, 0.25) is 0 Å². The van der Waals surface area contributed by atoms with Gasteiger partial charge in [-0.25, -0.2) is 4.98 Å². The van der Waals surface area contributed by atoms with Crippen LogP contribution >= 0.6 is 0 Å². The number of piperazine rings is 1. The fourth-order valence-electron chi connectivity index (χ4n) is 3.00. The number of carbonyl (C=O) groups is 1. The molecule has 0 N–H and O–H groups in total. The van der Waals surface area contributed by atoms with Gasteiger partial charge in [0.15, 0.2) is 0 Å². The Morgan fingerprint density at radius 3 is 2.71 bits per heavy atom. The number of methoxy groups -OCH3 is 1. The predicted octanol–water partition coefficient (Wildman–Crippen LogP) is 1.92. The van der Waals surface area contributed by atoms with Crippen molar-refractivity contribution in [1.29, 1.82) is 0 Å². The molecule has 1 aliphatic rings. The van der Waals surface area contributed by atoms with Gasteiger partial charge in [0.25, 0.3) is 5.91 Å². The second kappa shape index (κ2) is 6.97. The number of carbonyl (C=O) groups excluding carboxylic acids is 1. The lowest BCUT2D eigenvalue weighted by Crippen LogP contribution is -2.49. The first-order valence-electron chi connectivity index (χ1n) is 8.01. The Morgan fingerprint density at radius 2 is 2.00 bits per heavy atom. The van der Waals surface area contributed by atoms with E-state index in [0.29, 0.717) is 18.8 Å². The summed E-state index contributed by atoms with van der Waals surface area (Å²) in [5, 5.41) is 0. The molecule has 6 heteroatoms. The molecule has 1 atom stereocenters. The van der Waals surface area contributed by atoms with Crippen LogP contribution in [-0.4, -0.2) is 59.5 Å². The average Bonchev–Trinajstić information content (AvgIpc) is 2.62. The van der Waals surface area contributed by atoms with E-state index in [9.17, 15) is 4.79 Å². The van der Waals surface area contributed by atoms with Crippen molar-refractivity contribution in [3.63, 3.8) is 0 Å². The van der Waals surface area contributed by atoms with Crippen molar-refractivity contribution in [2.24, 2.45) is 0 Å². The third-order valence-corrected chi connectivity index (χ3v) is 4.43. The molecule has 0 bridgehead atoms. The van der Waals surface area contributed by atoms with Crippen LogP contribution in [0.4, 0.5) is 0 Å². The van der Waals surface area contributed by atoms with Crippen LogP contribution in [0.3, 0.4) is 0 Å². The number of ether oxygens (including phenoxy) is 1. The van der Waals surface area contributed by atoms with E-state index in [-0.39, 0.29) is 11.9 Å². The van der Waals surface area contributed by atoms with E-state index < -0.39 is 0 Å². The first-order chi connectivity index (χ1) is 11.6. The minimum atomic E-state index is -0.0736. The molecule has 6 nitrogen and oxygen atoms in total. The first-order valence-corrected chi connectivity index (χ1v) is 8.01. The van der Waals surface area contributed by atoms with E-state index in [2.05, 4.69) is 28.0 Å². The van der Waals surface area contributed by atoms with Crippen LogP contribution in [0.5, 0.6) is 5.75 Å². The molecule has 1 aliphatic heterocycles. The van der Waals surface area contributed by atoms with Crippen LogP contribution in [0.15, 0.2) is 36.7 Å². The van der Waals surface area contributed by atoms with E-state index in [1.165, 1.54) is 0 Å². The summed E-state index contributed by atoms with van der Waals surface area (Å²) >= 11 is 0. The maximum absolute atomic E-state index is 12.7. The number of amides is 1. The SMILES string of the molecule is COc1ccccc1[C@H]1CN(C(=O)c2cnc(C)cn2)CCN1C. The maximum Gasteiger partial charge on any atom is 0.274 e. The number of likely N-dealkylation sites (N-methyl/N-ethyl adjacent to an activating group) is 1. The van der Waals surface area contributed by atoms with E-state index in [1.54, 1.807) is 19.5 Å².